The van der Waals surface area contributed by atoms with Crippen molar-refractivity contribution >= 4 is 11.8 Å². The van der Waals surface area contributed by atoms with Gasteiger partial charge in [-0.1, -0.05) is 6.92 Å². The molecule has 80 valence electrons. The van der Waals surface area contributed by atoms with Gasteiger partial charge in [0.05, 0.1) is 6.04 Å². The lowest BCUT2D eigenvalue weighted by Gasteiger charge is -2.30. The Morgan fingerprint density at radius 3 is 2.79 bits per heavy atom. The number of amides is 2. The number of nitrogens with zero attached hydrogens (tertiary/aromatic N) is 1. The minimum absolute atomic E-state index is 0.0720. The Balaban J connectivity index is 2.55. The summed E-state index contributed by atoms with van der Waals surface area (Å²) in [6.45, 7) is 4.11. The minimum Gasteiger partial charge on any atom is -0.303 e. The molecule has 0 saturated carbocycles. The van der Waals surface area contributed by atoms with Crippen LogP contribution in [0.2, 0.25) is 0 Å². The summed E-state index contributed by atoms with van der Waals surface area (Å²) in [5.74, 6) is -0.168. The van der Waals surface area contributed by atoms with E-state index in [4.69, 9.17) is 0 Å². The van der Waals surface area contributed by atoms with Crippen molar-refractivity contribution < 1.29 is 9.59 Å². The summed E-state index contributed by atoms with van der Waals surface area (Å²) in [6.07, 6.45) is 2.09. The highest BCUT2D eigenvalue weighted by Crippen LogP contribution is 2.12. The number of likely N-dealkylation sites (N-methyl/N-ethyl adjacent to an activating group) is 1. The van der Waals surface area contributed by atoms with Crippen LogP contribution >= 0.6 is 0 Å². The van der Waals surface area contributed by atoms with Crippen molar-refractivity contribution in [1.82, 2.24) is 10.2 Å². The third kappa shape index (κ3) is 2.32. The van der Waals surface area contributed by atoms with Gasteiger partial charge in [-0.2, -0.15) is 0 Å². The zero-order valence-corrected chi connectivity index (χ0v) is 9.04. The van der Waals surface area contributed by atoms with Crippen molar-refractivity contribution in [2.75, 3.05) is 7.05 Å². The first-order valence-electron chi connectivity index (χ1n) is 5.12. The van der Waals surface area contributed by atoms with Crippen molar-refractivity contribution in [3.05, 3.63) is 0 Å². The van der Waals surface area contributed by atoms with Crippen molar-refractivity contribution in [2.45, 2.75) is 45.2 Å². The van der Waals surface area contributed by atoms with Gasteiger partial charge >= 0.3 is 0 Å². The monoisotopic (exact) mass is 198 g/mol. The third-order valence-electron chi connectivity index (χ3n) is 2.75. The van der Waals surface area contributed by atoms with Crippen LogP contribution < -0.4 is 5.32 Å². The second kappa shape index (κ2) is 4.55. The molecule has 0 aromatic rings. The number of piperidine rings is 1. The lowest BCUT2D eigenvalue weighted by molar-refractivity contribution is -0.148. The molecule has 1 fully saturated rings. The highest BCUT2D eigenvalue weighted by atomic mass is 16.2. The van der Waals surface area contributed by atoms with Crippen LogP contribution in [-0.4, -0.2) is 35.8 Å². The fraction of sp³-hybridized carbons (Fsp3) is 0.800. The fourth-order valence-corrected chi connectivity index (χ4v) is 1.53. The molecule has 1 saturated heterocycles. The summed E-state index contributed by atoms with van der Waals surface area (Å²) in [4.78, 5) is 24.0. The average Bonchev–Trinajstić information content (AvgIpc) is 2.19. The van der Waals surface area contributed by atoms with Gasteiger partial charge in [0.15, 0.2) is 0 Å². The molecule has 4 nitrogen and oxygen atoms in total. The maximum absolute atomic E-state index is 11.6. The quantitative estimate of drug-likeness (QED) is 0.673. The molecule has 0 aliphatic carbocycles. The van der Waals surface area contributed by atoms with Crippen molar-refractivity contribution in [3.63, 3.8) is 0 Å². The van der Waals surface area contributed by atoms with Crippen LogP contribution in [0.5, 0.6) is 0 Å². The predicted octanol–water partition coefficient (Wildman–Crippen LogP) is 0.522. The molecular formula is C10H18N2O2. The van der Waals surface area contributed by atoms with Crippen LogP contribution in [0, 0.1) is 0 Å². The van der Waals surface area contributed by atoms with E-state index in [1.165, 1.54) is 4.90 Å². The van der Waals surface area contributed by atoms with Gasteiger partial charge in [0, 0.05) is 19.5 Å². The molecule has 2 amide bonds. The lowest BCUT2D eigenvalue weighted by atomic mass is 10.0. The first kappa shape index (κ1) is 11.2. The second-order valence-corrected chi connectivity index (χ2v) is 3.86. The van der Waals surface area contributed by atoms with Gasteiger partial charge in [-0.25, -0.2) is 0 Å². The summed E-state index contributed by atoms with van der Waals surface area (Å²) in [6, 6.07) is 0.151. The predicted molar refractivity (Wildman–Crippen MR) is 53.7 cm³/mol. The van der Waals surface area contributed by atoms with E-state index in [0.717, 1.165) is 6.42 Å². The number of carbonyl (C=O) groups excluding carboxylic acids is 2. The van der Waals surface area contributed by atoms with E-state index in [-0.39, 0.29) is 17.9 Å². The fourth-order valence-electron chi connectivity index (χ4n) is 1.53. The SMILES string of the molecule is CCC(C)NC1CCC(=O)N(C)C1=O. The number of hydrogen-bond acceptors (Lipinski definition) is 3. The molecule has 0 spiro atoms. The molecule has 1 heterocycles. The number of nitrogens with one attached hydrogen (secondary N) is 1. The number of likely N-dealkylation sites (tertiary alicyclic amines) is 1. The van der Waals surface area contributed by atoms with Crippen LogP contribution in [0.15, 0.2) is 0 Å². The third-order valence-corrected chi connectivity index (χ3v) is 2.75. The van der Waals surface area contributed by atoms with E-state index in [2.05, 4.69) is 12.2 Å². The Morgan fingerprint density at radius 1 is 1.57 bits per heavy atom. The van der Waals surface area contributed by atoms with E-state index in [9.17, 15) is 9.59 Å². The molecule has 1 aliphatic heterocycles. The molecule has 4 heteroatoms. The molecule has 2 unspecified atom stereocenters. The normalized spacial score (nSPS) is 25.4. The molecule has 0 aromatic heterocycles. The number of rotatable bonds is 3. The van der Waals surface area contributed by atoms with Crippen LogP contribution in [0.25, 0.3) is 0 Å². The molecule has 1 rings (SSSR count). The summed E-state index contributed by atoms with van der Waals surface area (Å²) in [5, 5.41) is 3.23. The average molecular weight is 198 g/mol. The van der Waals surface area contributed by atoms with Gasteiger partial charge in [0.25, 0.3) is 0 Å². The van der Waals surface area contributed by atoms with Gasteiger partial charge in [0.2, 0.25) is 11.8 Å². The van der Waals surface area contributed by atoms with Crippen LogP contribution in [-0.2, 0) is 9.59 Å². The van der Waals surface area contributed by atoms with Gasteiger partial charge in [-0.05, 0) is 19.8 Å². The zero-order valence-electron chi connectivity index (χ0n) is 9.04. The number of imide groups is 1. The molecule has 0 aromatic carbocycles. The van der Waals surface area contributed by atoms with Crippen molar-refractivity contribution in [2.24, 2.45) is 0 Å². The first-order chi connectivity index (χ1) is 6.56. The zero-order chi connectivity index (χ0) is 10.7. The number of carbonyl (C=O) groups is 2. The maximum atomic E-state index is 11.6. The Bertz CT molecular complexity index is 240. The van der Waals surface area contributed by atoms with Crippen LogP contribution in [0.1, 0.15) is 33.1 Å². The van der Waals surface area contributed by atoms with Gasteiger partial charge in [0.1, 0.15) is 0 Å². The molecule has 0 bridgehead atoms. The topological polar surface area (TPSA) is 49.4 Å². The Labute approximate surface area is 84.7 Å². The van der Waals surface area contributed by atoms with E-state index < -0.39 is 0 Å². The molecule has 14 heavy (non-hydrogen) atoms. The summed E-state index contributed by atoms with van der Waals surface area (Å²) < 4.78 is 0. The molecule has 2 atom stereocenters. The molecule has 1 N–H and O–H groups in total. The largest absolute Gasteiger partial charge is 0.303 e. The van der Waals surface area contributed by atoms with Crippen molar-refractivity contribution in [1.29, 1.82) is 0 Å². The van der Waals surface area contributed by atoms with Gasteiger partial charge in [-0.3, -0.25) is 14.5 Å². The maximum Gasteiger partial charge on any atom is 0.246 e. The smallest absolute Gasteiger partial charge is 0.246 e. The van der Waals surface area contributed by atoms with E-state index >= 15 is 0 Å². The van der Waals surface area contributed by atoms with Crippen molar-refractivity contribution in [3.8, 4) is 0 Å². The second-order valence-electron chi connectivity index (χ2n) is 3.86. The van der Waals surface area contributed by atoms with Gasteiger partial charge in [-0.15, -0.1) is 0 Å². The van der Waals surface area contributed by atoms with Crippen LogP contribution in [0.4, 0.5) is 0 Å². The Hall–Kier alpha value is -0.900. The lowest BCUT2D eigenvalue weighted by Crippen LogP contribution is -2.53. The molecule has 0 radical (unpaired) electrons. The minimum atomic E-state index is -0.173. The summed E-state index contributed by atoms with van der Waals surface area (Å²) >= 11 is 0. The van der Waals surface area contributed by atoms with E-state index in [1.807, 2.05) is 6.92 Å². The summed E-state index contributed by atoms with van der Waals surface area (Å²) in [7, 11) is 1.55. The van der Waals surface area contributed by atoms with Gasteiger partial charge < -0.3 is 5.32 Å². The summed E-state index contributed by atoms with van der Waals surface area (Å²) in [5.41, 5.74) is 0. The standard InChI is InChI=1S/C10H18N2O2/c1-4-7(2)11-8-5-6-9(13)12(3)10(8)14/h7-8,11H,4-6H2,1-3H3. The Kier molecular flexibility index (Phi) is 3.63. The van der Waals surface area contributed by atoms with E-state index in [0.29, 0.717) is 18.9 Å². The highest BCUT2D eigenvalue weighted by Gasteiger charge is 2.31. The molecule has 1 aliphatic rings. The Morgan fingerprint density at radius 2 is 2.21 bits per heavy atom. The first-order valence-corrected chi connectivity index (χ1v) is 5.12. The number of hydrogen-bond donors (Lipinski definition) is 1. The highest BCUT2D eigenvalue weighted by molar-refractivity contribution is 6.00. The van der Waals surface area contributed by atoms with Crippen LogP contribution in [0.3, 0.4) is 0 Å². The van der Waals surface area contributed by atoms with E-state index in [1.54, 1.807) is 7.05 Å². The molecular weight excluding hydrogens is 180 g/mol.